The van der Waals surface area contributed by atoms with E-state index in [9.17, 15) is 24.5 Å². The Morgan fingerprint density at radius 2 is 1.95 bits per heavy atom. The van der Waals surface area contributed by atoms with Gasteiger partial charge < -0.3 is 15.4 Å². The maximum atomic E-state index is 12.9. The van der Waals surface area contributed by atoms with Crippen LogP contribution in [0.25, 0.3) is 10.1 Å². The number of thiophene rings is 1. The zero-order valence-corrected chi connectivity index (χ0v) is 21.3. The summed E-state index contributed by atoms with van der Waals surface area (Å²) >= 11 is 3.02. The summed E-state index contributed by atoms with van der Waals surface area (Å²) in [4.78, 5) is 50.0. The Labute approximate surface area is 219 Å². The summed E-state index contributed by atoms with van der Waals surface area (Å²) in [6.07, 6.45) is 0. The van der Waals surface area contributed by atoms with E-state index in [4.69, 9.17) is 4.74 Å². The first-order valence-corrected chi connectivity index (χ1v) is 13.2. The topological polar surface area (TPSA) is 131 Å². The van der Waals surface area contributed by atoms with Crippen LogP contribution in [0.3, 0.4) is 0 Å². The van der Waals surface area contributed by atoms with Gasteiger partial charge in [0, 0.05) is 22.6 Å². The molecule has 0 spiro atoms. The molecule has 1 aromatic heterocycles. The molecule has 10 nitrogen and oxygen atoms in total. The van der Waals surface area contributed by atoms with Gasteiger partial charge in [0.1, 0.15) is 23.7 Å². The van der Waals surface area contributed by atoms with E-state index in [1.807, 2.05) is 30.3 Å². The number of ether oxygens (including phenoxy) is 1. The maximum absolute atomic E-state index is 12.9. The van der Waals surface area contributed by atoms with Crippen molar-refractivity contribution in [1.29, 1.82) is 0 Å². The van der Waals surface area contributed by atoms with Gasteiger partial charge in [-0.05, 0) is 47.7 Å². The van der Waals surface area contributed by atoms with E-state index in [-0.39, 0.29) is 36.4 Å². The Balaban J connectivity index is 1.16. The van der Waals surface area contributed by atoms with Crippen molar-refractivity contribution >= 4 is 61.7 Å². The lowest BCUT2D eigenvalue weighted by atomic mass is 10.0. The molecule has 0 saturated carbocycles. The predicted molar refractivity (Wildman–Crippen MR) is 141 cm³/mol. The highest BCUT2D eigenvalue weighted by Crippen LogP contribution is 2.40. The number of carbonyl (C=O) groups is 3. The number of esters is 1. The summed E-state index contributed by atoms with van der Waals surface area (Å²) in [7, 11) is 0. The van der Waals surface area contributed by atoms with Crippen molar-refractivity contribution in [1.82, 2.24) is 10.2 Å². The zero-order valence-electron chi connectivity index (χ0n) is 19.6. The smallest absolute Gasteiger partial charge is 0.355 e. The first-order chi connectivity index (χ1) is 17.8. The molecule has 3 heterocycles. The Morgan fingerprint density at radius 1 is 1.19 bits per heavy atom. The summed E-state index contributed by atoms with van der Waals surface area (Å²) in [6.45, 7) is 1.70. The van der Waals surface area contributed by atoms with Gasteiger partial charge in [-0.15, -0.1) is 23.1 Å². The van der Waals surface area contributed by atoms with Crippen molar-refractivity contribution in [3.63, 3.8) is 0 Å². The first-order valence-electron chi connectivity index (χ1n) is 11.4. The fourth-order valence-electron chi connectivity index (χ4n) is 4.15. The molecular formula is C25H22N4O6S2. The molecule has 37 heavy (non-hydrogen) atoms. The van der Waals surface area contributed by atoms with Crippen LogP contribution in [-0.4, -0.2) is 51.3 Å². The quantitative estimate of drug-likeness (QED) is 0.192. The minimum Gasteiger partial charge on any atom is -0.456 e. The molecule has 0 bridgehead atoms. The second-order valence-corrected chi connectivity index (χ2v) is 10.8. The average Bonchev–Trinajstić information content (AvgIpc) is 3.32. The number of hydrogen-bond acceptors (Lipinski definition) is 9. The van der Waals surface area contributed by atoms with Crippen LogP contribution in [-0.2, 0) is 25.7 Å². The first kappa shape index (κ1) is 24.8. The second kappa shape index (κ2) is 10.2. The Kier molecular flexibility index (Phi) is 6.85. The summed E-state index contributed by atoms with van der Waals surface area (Å²) in [5.74, 6) is -0.813. The van der Waals surface area contributed by atoms with Crippen molar-refractivity contribution in [2.24, 2.45) is 0 Å². The molecule has 2 atom stereocenters. The number of thioether (sulfide) groups is 1. The number of fused-ring (bicyclic) bond motifs is 2. The Morgan fingerprint density at radius 3 is 2.68 bits per heavy atom. The molecular weight excluding hydrogens is 516 g/mol. The molecule has 1 fully saturated rings. The van der Waals surface area contributed by atoms with Gasteiger partial charge >= 0.3 is 5.97 Å². The standard InChI is InChI=1S/C25H22N4O6S2/c1-14-13-36-24-21(27-19(30)11-26-20-10-16-4-2-3-5-18(16)37-20)23(31)28(24)22(14)25(32)35-12-15-6-8-17(9-7-15)29(33)34/h2-10,21,24,26H,11-13H2,1H3,(H,27,30)/t21?,24-/m1/s1. The van der Waals surface area contributed by atoms with E-state index < -0.39 is 22.3 Å². The van der Waals surface area contributed by atoms with Crippen LogP contribution in [0, 0.1) is 10.1 Å². The largest absolute Gasteiger partial charge is 0.456 e. The van der Waals surface area contributed by atoms with Crippen LogP contribution in [0.1, 0.15) is 12.5 Å². The van der Waals surface area contributed by atoms with Gasteiger partial charge in [-0.3, -0.25) is 24.6 Å². The molecule has 5 rings (SSSR count). The van der Waals surface area contributed by atoms with Gasteiger partial charge in [0.05, 0.1) is 16.5 Å². The van der Waals surface area contributed by atoms with Crippen LogP contribution >= 0.6 is 23.1 Å². The van der Waals surface area contributed by atoms with E-state index in [2.05, 4.69) is 10.6 Å². The summed E-state index contributed by atoms with van der Waals surface area (Å²) in [5.41, 5.74) is 1.42. The molecule has 2 amide bonds. The number of nitrogens with one attached hydrogen (secondary N) is 2. The summed E-state index contributed by atoms with van der Waals surface area (Å²) in [6, 6.07) is 14.9. The summed E-state index contributed by atoms with van der Waals surface area (Å²) in [5, 5.41) is 18.2. The third-order valence-electron chi connectivity index (χ3n) is 6.03. The lowest BCUT2D eigenvalue weighted by Crippen LogP contribution is -2.70. The van der Waals surface area contributed by atoms with Crippen molar-refractivity contribution in [2.45, 2.75) is 24.9 Å². The molecule has 2 aliphatic heterocycles. The van der Waals surface area contributed by atoms with Gasteiger partial charge in [-0.2, -0.15) is 0 Å². The molecule has 2 aromatic carbocycles. The minimum atomic E-state index is -0.729. The SMILES string of the molecule is CC1=C(C(=O)OCc2ccc([N+](=O)[O-])cc2)N2C(=O)C(NC(=O)CNc3cc4ccccc4s3)[C@H]2SC1. The van der Waals surface area contributed by atoms with E-state index in [1.165, 1.54) is 40.9 Å². The number of nitro benzene ring substituents is 1. The molecule has 12 heteroatoms. The molecule has 190 valence electrons. The number of rotatable bonds is 8. The van der Waals surface area contributed by atoms with Crippen molar-refractivity contribution < 1.29 is 24.0 Å². The molecule has 1 saturated heterocycles. The van der Waals surface area contributed by atoms with Gasteiger partial charge in [-0.25, -0.2) is 4.79 Å². The Bertz CT molecular complexity index is 1400. The zero-order chi connectivity index (χ0) is 26.1. The summed E-state index contributed by atoms with van der Waals surface area (Å²) < 4.78 is 6.52. The van der Waals surface area contributed by atoms with E-state index in [1.54, 1.807) is 18.3 Å². The number of β-lactam (4-membered cyclic amide) rings is 1. The highest BCUT2D eigenvalue weighted by Gasteiger charge is 2.53. The molecule has 1 unspecified atom stereocenters. The van der Waals surface area contributed by atoms with Gasteiger partial charge in [0.2, 0.25) is 5.91 Å². The lowest BCUT2D eigenvalue weighted by Gasteiger charge is -2.49. The normalized spacial score (nSPS) is 18.7. The third-order valence-corrected chi connectivity index (χ3v) is 8.53. The maximum Gasteiger partial charge on any atom is 0.355 e. The van der Waals surface area contributed by atoms with E-state index in [0.717, 1.165) is 15.1 Å². The van der Waals surface area contributed by atoms with E-state index >= 15 is 0 Å². The molecule has 0 radical (unpaired) electrons. The highest BCUT2D eigenvalue weighted by atomic mass is 32.2. The number of nitrogens with zero attached hydrogens (tertiary/aromatic N) is 2. The molecule has 3 aromatic rings. The number of non-ortho nitro benzene ring substituents is 1. The number of anilines is 1. The third kappa shape index (κ3) is 5.02. The lowest BCUT2D eigenvalue weighted by molar-refractivity contribution is -0.384. The molecule has 2 aliphatic rings. The van der Waals surface area contributed by atoms with Crippen LogP contribution in [0.2, 0.25) is 0 Å². The highest BCUT2D eigenvalue weighted by molar-refractivity contribution is 8.00. The number of nitro groups is 1. The number of hydrogen-bond donors (Lipinski definition) is 2. The van der Waals surface area contributed by atoms with Crippen LogP contribution in [0.15, 0.2) is 65.9 Å². The fraction of sp³-hybridized carbons (Fsp3) is 0.240. The second-order valence-electron chi connectivity index (χ2n) is 8.59. The van der Waals surface area contributed by atoms with Gasteiger partial charge in [-0.1, -0.05) is 18.2 Å². The van der Waals surface area contributed by atoms with Crippen LogP contribution < -0.4 is 10.6 Å². The van der Waals surface area contributed by atoms with Crippen LogP contribution in [0.5, 0.6) is 0 Å². The predicted octanol–water partition coefficient (Wildman–Crippen LogP) is 3.64. The van der Waals surface area contributed by atoms with Crippen molar-refractivity contribution in [2.75, 3.05) is 17.6 Å². The monoisotopic (exact) mass is 538 g/mol. The molecule has 2 N–H and O–H groups in total. The average molecular weight is 539 g/mol. The van der Waals surface area contributed by atoms with Crippen LogP contribution in [0.4, 0.5) is 10.7 Å². The van der Waals surface area contributed by atoms with Gasteiger partial charge in [0.15, 0.2) is 0 Å². The van der Waals surface area contributed by atoms with E-state index in [0.29, 0.717) is 16.9 Å². The van der Waals surface area contributed by atoms with Crippen molar-refractivity contribution in [3.8, 4) is 0 Å². The number of carbonyl (C=O) groups excluding carboxylic acids is 3. The minimum absolute atomic E-state index is 0.0208. The van der Waals surface area contributed by atoms with Crippen molar-refractivity contribution in [3.05, 3.63) is 81.5 Å². The fourth-order valence-corrected chi connectivity index (χ4v) is 6.41. The van der Waals surface area contributed by atoms with Gasteiger partial charge in [0.25, 0.3) is 11.6 Å². The Hall–Kier alpha value is -3.90. The number of benzene rings is 2. The molecule has 0 aliphatic carbocycles. The number of amides is 2.